The van der Waals surface area contributed by atoms with Crippen molar-refractivity contribution in [3.8, 4) is 0 Å². The Kier molecular flexibility index (Phi) is 8.05. The molecule has 0 aliphatic carbocycles. The second-order valence-electron chi connectivity index (χ2n) is 4.93. The van der Waals surface area contributed by atoms with Crippen LogP contribution in [0, 0.1) is 0 Å². The van der Waals surface area contributed by atoms with E-state index in [1.54, 1.807) is 6.26 Å². The minimum absolute atomic E-state index is 0.170. The lowest BCUT2D eigenvalue weighted by molar-refractivity contribution is -0.196. The summed E-state index contributed by atoms with van der Waals surface area (Å²) in [5.74, 6) is 0. The van der Waals surface area contributed by atoms with E-state index in [9.17, 15) is 10.2 Å². The summed E-state index contributed by atoms with van der Waals surface area (Å²) in [5, 5.41) is 28.4. The normalized spacial score (nSPS) is 31.8. The predicted molar refractivity (Wildman–Crippen MR) is 71.6 cm³/mol. The van der Waals surface area contributed by atoms with Crippen molar-refractivity contribution in [3.63, 3.8) is 0 Å². The number of unbranched alkanes of at least 4 members (excludes halogenated alkanes) is 4. The van der Waals surface area contributed by atoms with Gasteiger partial charge in [0, 0.05) is 0 Å². The molecule has 5 nitrogen and oxygen atoms in total. The van der Waals surface area contributed by atoms with Crippen LogP contribution >= 0.6 is 0 Å². The molecule has 0 bridgehead atoms. The van der Waals surface area contributed by atoms with Crippen LogP contribution in [0.15, 0.2) is 12.3 Å². The largest absolute Gasteiger partial charge is 0.493 e. The monoisotopic (exact) mass is 274 g/mol. The van der Waals surface area contributed by atoms with Gasteiger partial charge in [0.25, 0.3) is 0 Å². The van der Waals surface area contributed by atoms with Gasteiger partial charge in [0.15, 0.2) is 0 Å². The molecule has 1 aliphatic rings. The van der Waals surface area contributed by atoms with Gasteiger partial charge in [-0.1, -0.05) is 26.2 Å². The van der Waals surface area contributed by atoms with Crippen LogP contribution in [0.1, 0.15) is 39.0 Å². The standard InChI is InChI=1S/C14H26O5/c1-2-3-4-5-6-7-8-18-12-10-19-11(9-15)13(16)14(12)17/h7-8,11-17H,2-6,9-10H2,1H3/b8-7+/t11-,12+,13-,14-/m0/s1. The summed E-state index contributed by atoms with van der Waals surface area (Å²) < 4.78 is 10.6. The van der Waals surface area contributed by atoms with Gasteiger partial charge < -0.3 is 24.8 Å². The lowest BCUT2D eigenvalue weighted by Crippen LogP contribution is -2.54. The fourth-order valence-corrected chi connectivity index (χ4v) is 2.05. The molecule has 4 atom stereocenters. The van der Waals surface area contributed by atoms with E-state index in [-0.39, 0.29) is 13.2 Å². The molecule has 19 heavy (non-hydrogen) atoms. The SMILES string of the molecule is CCCCCC/C=C/O[C@@H]1CO[C@@H](CO)[C@H](O)[C@H]1O. The third kappa shape index (κ3) is 5.48. The van der Waals surface area contributed by atoms with Gasteiger partial charge in [-0.3, -0.25) is 0 Å². The molecule has 3 N–H and O–H groups in total. The van der Waals surface area contributed by atoms with E-state index in [1.807, 2.05) is 6.08 Å². The zero-order chi connectivity index (χ0) is 14.1. The summed E-state index contributed by atoms with van der Waals surface area (Å²) in [6.45, 7) is 2.04. The van der Waals surface area contributed by atoms with Crippen molar-refractivity contribution in [1.29, 1.82) is 0 Å². The summed E-state index contributed by atoms with van der Waals surface area (Å²) in [6, 6.07) is 0. The number of allylic oxidation sites excluding steroid dienone is 1. The van der Waals surface area contributed by atoms with Gasteiger partial charge in [-0.05, 0) is 18.9 Å². The molecule has 1 fully saturated rings. The number of rotatable bonds is 8. The van der Waals surface area contributed by atoms with Gasteiger partial charge in [0.2, 0.25) is 0 Å². The predicted octanol–water partition coefficient (Wildman–Crippen LogP) is 0.969. The van der Waals surface area contributed by atoms with Gasteiger partial charge in [-0.2, -0.15) is 0 Å². The molecule has 0 radical (unpaired) electrons. The number of aliphatic hydroxyl groups is 3. The summed E-state index contributed by atoms with van der Waals surface area (Å²) in [7, 11) is 0. The average Bonchev–Trinajstić information content (AvgIpc) is 2.42. The van der Waals surface area contributed by atoms with Crippen LogP contribution in [-0.4, -0.2) is 52.9 Å². The molecule has 0 amide bonds. The third-order valence-corrected chi connectivity index (χ3v) is 3.34. The van der Waals surface area contributed by atoms with Gasteiger partial charge in [0.1, 0.15) is 24.4 Å². The van der Waals surface area contributed by atoms with Gasteiger partial charge in [-0.15, -0.1) is 0 Å². The van der Waals surface area contributed by atoms with E-state index in [4.69, 9.17) is 14.6 Å². The van der Waals surface area contributed by atoms with Crippen molar-refractivity contribution in [2.75, 3.05) is 13.2 Å². The Morgan fingerprint density at radius 1 is 1.21 bits per heavy atom. The first-order chi connectivity index (χ1) is 9.20. The molecule has 5 heteroatoms. The maximum absolute atomic E-state index is 9.81. The Morgan fingerprint density at radius 2 is 2.00 bits per heavy atom. The molecular weight excluding hydrogens is 248 g/mol. The molecule has 112 valence electrons. The van der Waals surface area contributed by atoms with E-state index >= 15 is 0 Å². The lowest BCUT2D eigenvalue weighted by Gasteiger charge is -2.36. The van der Waals surface area contributed by atoms with Crippen LogP contribution in [0.25, 0.3) is 0 Å². The highest BCUT2D eigenvalue weighted by Gasteiger charge is 2.38. The zero-order valence-corrected chi connectivity index (χ0v) is 11.6. The molecule has 1 saturated heterocycles. The molecule has 1 aliphatic heterocycles. The number of hydrogen-bond donors (Lipinski definition) is 3. The van der Waals surface area contributed by atoms with Crippen molar-refractivity contribution >= 4 is 0 Å². The molecule has 0 spiro atoms. The summed E-state index contributed by atoms with van der Waals surface area (Å²) in [6.07, 6.45) is 5.80. The van der Waals surface area contributed by atoms with E-state index in [1.165, 1.54) is 19.3 Å². The highest BCUT2D eigenvalue weighted by atomic mass is 16.6. The quantitative estimate of drug-likeness (QED) is 0.454. The van der Waals surface area contributed by atoms with Crippen molar-refractivity contribution in [1.82, 2.24) is 0 Å². The second-order valence-corrected chi connectivity index (χ2v) is 4.93. The minimum Gasteiger partial charge on any atom is -0.493 e. The first kappa shape index (κ1) is 16.4. The maximum Gasteiger partial charge on any atom is 0.149 e. The smallest absolute Gasteiger partial charge is 0.149 e. The van der Waals surface area contributed by atoms with E-state index < -0.39 is 24.4 Å². The Labute approximate surface area is 114 Å². The van der Waals surface area contributed by atoms with E-state index in [2.05, 4.69) is 6.92 Å². The second kappa shape index (κ2) is 9.31. The molecule has 0 aromatic carbocycles. The van der Waals surface area contributed by atoms with Crippen LogP contribution in [-0.2, 0) is 9.47 Å². The van der Waals surface area contributed by atoms with Gasteiger partial charge in [-0.25, -0.2) is 0 Å². The molecule has 0 aromatic rings. The van der Waals surface area contributed by atoms with Crippen molar-refractivity contribution in [2.24, 2.45) is 0 Å². The zero-order valence-electron chi connectivity index (χ0n) is 11.6. The number of hydrogen-bond acceptors (Lipinski definition) is 5. The topological polar surface area (TPSA) is 79.2 Å². The molecule has 0 aromatic heterocycles. The number of aliphatic hydroxyl groups excluding tert-OH is 3. The summed E-state index contributed by atoms with van der Waals surface area (Å²) in [4.78, 5) is 0. The summed E-state index contributed by atoms with van der Waals surface area (Å²) in [5.41, 5.74) is 0. The first-order valence-electron chi connectivity index (χ1n) is 7.09. The van der Waals surface area contributed by atoms with Gasteiger partial charge in [0.05, 0.1) is 19.5 Å². The van der Waals surface area contributed by atoms with E-state index in [0.29, 0.717) is 0 Å². The van der Waals surface area contributed by atoms with Crippen molar-refractivity contribution < 1.29 is 24.8 Å². The lowest BCUT2D eigenvalue weighted by atomic mass is 10.0. The van der Waals surface area contributed by atoms with E-state index in [0.717, 1.165) is 12.8 Å². The Bertz CT molecular complexity index is 256. The molecule has 1 heterocycles. The molecular formula is C14H26O5. The van der Waals surface area contributed by atoms with Crippen LogP contribution in [0.4, 0.5) is 0 Å². The maximum atomic E-state index is 9.81. The third-order valence-electron chi connectivity index (χ3n) is 3.34. The molecule has 0 unspecified atom stereocenters. The Balaban J connectivity index is 2.20. The highest BCUT2D eigenvalue weighted by Crippen LogP contribution is 2.18. The van der Waals surface area contributed by atoms with Crippen LogP contribution in [0.5, 0.6) is 0 Å². The van der Waals surface area contributed by atoms with Crippen molar-refractivity contribution in [2.45, 2.75) is 63.4 Å². The average molecular weight is 274 g/mol. The number of ether oxygens (including phenoxy) is 2. The fourth-order valence-electron chi connectivity index (χ4n) is 2.05. The van der Waals surface area contributed by atoms with Crippen LogP contribution in [0.3, 0.4) is 0 Å². The Morgan fingerprint density at radius 3 is 2.68 bits per heavy atom. The molecule has 0 saturated carbocycles. The van der Waals surface area contributed by atoms with Crippen molar-refractivity contribution in [3.05, 3.63) is 12.3 Å². The van der Waals surface area contributed by atoms with Crippen LogP contribution in [0.2, 0.25) is 0 Å². The summed E-state index contributed by atoms with van der Waals surface area (Å²) >= 11 is 0. The first-order valence-corrected chi connectivity index (χ1v) is 7.09. The minimum atomic E-state index is -1.11. The highest BCUT2D eigenvalue weighted by molar-refractivity contribution is 4.89. The van der Waals surface area contributed by atoms with Gasteiger partial charge >= 0.3 is 0 Å². The fraction of sp³-hybridized carbons (Fsp3) is 0.857. The van der Waals surface area contributed by atoms with Crippen LogP contribution < -0.4 is 0 Å². The Hall–Kier alpha value is -0.620. The molecule has 1 rings (SSSR count).